The molecule has 0 atom stereocenters. The molecule has 16 heavy (non-hydrogen) atoms. The highest BCUT2D eigenvalue weighted by molar-refractivity contribution is 5.85. The van der Waals surface area contributed by atoms with Crippen molar-refractivity contribution in [2.75, 3.05) is 20.3 Å². The molecular formula is C11H16N2O3. The van der Waals surface area contributed by atoms with Crippen LogP contribution in [0.2, 0.25) is 0 Å². The van der Waals surface area contributed by atoms with Crippen molar-refractivity contribution in [1.29, 1.82) is 0 Å². The van der Waals surface area contributed by atoms with E-state index in [1.807, 2.05) is 0 Å². The maximum Gasteiger partial charge on any atom is 0.145 e. The number of aliphatic hydroxyl groups excluding tert-OH is 1. The second kappa shape index (κ2) is 6.19. The van der Waals surface area contributed by atoms with Gasteiger partial charge in [-0.05, 0) is 6.92 Å². The van der Waals surface area contributed by atoms with E-state index in [0.29, 0.717) is 30.0 Å². The summed E-state index contributed by atoms with van der Waals surface area (Å²) in [5.74, 6) is 0.0627. The molecule has 0 aliphatic heterocycles. The number of aromatic nitrogens is 1. The summed E-state index contributed by atoms with van der Waals surface area (Å²) in [6, 6.07) is 0. The molecule has 5 heteroatoms. The molecule has 1 heterocycles. The van der Waals surface area contributed by atoms with Crippen LogP contribution in [-0.2, 0) is 11.3 Å². The first-order chi connectivity index (χ1) is 7.70. The number of pyridine rings is 1. The first-order valence-corrected chi connectivity index (χ1v) is 4.97. The Balaban J connectivity index is 2.92. The minimum absolute atomic E-state index is 0.0627. The van der Waals surface area contributed by atoms with E-state index >= 15 is 0 Å². The SMILES string of the molecule is COCCN=Cc1c(CO)cnc(C)c1O. The fourth-order valence-electron chi connectivity index (χ4n) is 1.22. The number of aromatic hydroxyl groups is 1. The first kappa shape index (κ1) is 12.6. The smallest absolute Gasteiger partial charge is 0.145 e. The normalized spacial score (nSPS) is 11.2. The third-order valence-electron chi connectivity index (χ3n) is 2.17. The fourth-order valence-corrected chi connectivity index (χ4v) is 1.22. The van der Waals surface area contributed by atoms with Crippen LogP contribution in [0.3, 0.4) is 0 Å². The van der Waals surface area contributed by atoms with Gasteiger partial charge in [0, 0.05) is 30.6 Å². The van der Waals surface area contributed by atoms with Gasteiger partial charge in [-0.3, -0.25) is 9.98 Å². The van der Waals surface area contributed by atoms with Crippen LogP contribution in [0.15, 0.2) is 11.2 Å². The molecule has 1 rings (SSSR count). The maximum atomic E-state index is 9.77. The second-order valence-corrected chi connectivity index (χ2v) is 3.32. The Morgan fingerprint density at radius 1 is 1.56 bits per heavy atom. The minimum atomic E-state index is -0.174. The van der Waals surface area contributed by atoms with Gasteiger partial charge in [0.1, 0.15) is 5.75 Å². The average molecular weight is 224 g/mol. The molecule has 0 unspecified atom stereocenters. The Morgan fingerprint density at radius 3 is 2.94 bits per heavy atom. The van der Waals surface area contributed by atoms with Gasteiger partial charge in [0.25, 0.3) is 0 Å². The van der Waals surface area contributed by atoms with Gasteiger partial charge < -0.3 is 14.9 Å². The first-order valence-electron chi connectivity index (χ1n) is 4.97. The Labute approximate surface area is 94.4 Å². The van der Waals surface area contributed by atoms with Crippen molar-refractivity contribution in [2.45, 2.75) is 13.5 Å². The van der Waals surface area contributed by atoms with Crippen LogP contribution >= 0.6 is 0 Å². The number of ether oxygens (including phenoxy) is 1. The molecule has 0 saturated heterocycles. The van der Waals surface area contributed by atoms with Crippen molar-refractivity contribution in [3.05, 3.63) is 23.0 Å². The largest absolute Gasteiger partial charge is 0.505 e. The minimum Gasteiger partial charge on any atom is -0.505 e. The van der Waals surface area contributed by atoms with Crippen LogP contribution in [0.4, 0.5) is 0 Å². The van der Waals surface area contributed by atoms with Crippen LogP contribution in [-0.4, -0.2) is 41.7 Å². The molecule has 1 aromatic heterocycles. The van der Waals surface area contributed by atoms with Crippen molar-refractivity contribution in [1.82, 2.24) is 4.98 Å². The van der Waals surface area contributed by atoms with Gasteiger partial charge in [0.2, 0.25) is 0 Å². The number of aryl methyl sites for hydroxylation is 1. The summed E-state index contributed by atoms with van der Waals surface area (Å²) in [6.45, 7) is 2.56. The lowest BCUT2D eigenvalue weighted by molar-refractivity contribution is 0.208. The standard InChI is InChI=1S/C11H16N2O3/c1-8-11(15)10(6-12-3-4-16-2)9(7-14)5-13-8/h5-6,14-15H,3-4,7H2,1-2H3. The highest BCUT2D eigenvalue weighted by atomic mass is 16.5. The summed E-state index contributed by atoms with van der Waals surface area (Å²) in [4.78, 5) is 8.05. The number of aliphatic hydroxyl groups is 1. The molecule has 0 bridgehead atoms. The average Bonchev–Trinajstić information content (AvgIpc) is 2.30. The summed E-state index contributed by atoms with van der Waals surface area (Å²) < 4.78 is 4.85. The zero-order valence-electron chi connectivity index (χ0n) is 9.47. The summed E-state index contributed by atoms with van der Waals surface area (Å²) in [5, 5.41) is 18.9. The lowest BCUT2D eigenvalue weighted by Crippen LogP contribution is -1.99. The summed E-state index contributed by atoms with van der Waals surface area (Å²) in [7, 11) is 1.60. The number of rotatable bonds is 5. The van der Waals surface area contributed by atoms with E-state index in [-0.39, 0.29) is 12.4 Å². The van der Waals surface area contributed by atoms with Crippen molar-refractivity contribution in [3.63, 3.8) is 0 Å². The third kappa shape index (κ3) is 3.01. The Kier molecular flexibility index (Phi) is 4.88. The Hall–Kier alpha value is -1.46. The van der Waals surface area contributed by atoms with Crippen LogP contribution in [0.5, 0.6) is 5.75 Å². The number of aliphatic imine (C=N–C) groups is 1. The number of methoxy groups -OCH3 is 1. The topological polar surface area (TPSA) is 74.9 Å². The zero-order valence-corrected chi connectivity index (χ0v) is 9.47. The van der Waals surface area contributed by atoms with Gasteiger partial charge in [-0.15, -0.1) is 0 Å². The quantitative estimate of drug-likeness (QED) is 0.569. The van der Waals surface area contributed by atoms with Crippen LogP contribution in [0.1, 0.15) is 16.8 Å². The summed E-state index contributed by atoms with van der Waals surface area (Å²) in [5.41, 5.74) is 1.60. The predicted octanol–water partition coefficient (Wildman–Crippen LogP) is 0.653. The van der Waals surface area contributed by atoms with Gasteiger partial charge in [-0.1, -0.05) is 0 Å². The molecule has 0 fully saturated rings. The molecular weight excluding hydrogens is 208 g/mol. The molecule has 5 nitrogen and oxygen atoms in total. The Morgan fingerprint density at radius 2 is 2.31 bits per heavy atom. The highest BCUT2D eigenvalue weighted by Crippen LogP contribution is 2.21. The monoisotopic (exact) mass is 224 g/mol. The lowest BCUT2D eigenvalue weighted by Gasteiger charge is -2.06. The van der Waals surface area contributed by atoms with E-state index in [1.54, 1.807) is 14.0 Å². The molecule has 0 aliphatic rings. The molecule has 0 aromatic carbocycles. The van der Waals surface area contributed by atoms with E-state index in [0.717, 1.165) is 0 Å². The summed E-state index contributed by atoms with van der Waals surface area (Å²) >= 11 is 0. The molecule has 0 saturated carbocycles. The van der Waals surface area contributed by atoms with E-state index < -0.39 is 0 Å². The van der Waals surface area contributed by atoms with Gasteiger partial charge in [-0.25, -0.2) is 0 Å². The molecule has 88 valence electrons. The molecule has 0 radical (unpaired) electrons. The lowest BCUT2D eigenvalue weighted by atomic mass is 10.1. The van der Waals surface area contributed by atoms with Crippen LogP contribution < -0.4 is 0 Å². The van der Waals surface area contributed by atoms with Gasteiger partial charge >= 0.3 is 0 Å². The van der Waals surface area contributed by atoms with Gasteiger partial charge in [0.15, 0.2) is 0 Å². The van der Waals surface area contributed by atoms with E-state index in [9.17, 15) is 5.11 Å². The number of hydrogen-bond acceptors (Lipinski definition) is 5. The molecule has 1 aromatic rings. The number of hydrogen-bond donors (Lipinski definition) is 2. The fraction of sp³-hybridized carbons (Fsp3) is 0.455. The van der Waals surface area contributed by atoms with Crippen molar-refractivity contribution >= 4 is 6.21 Å². The Bertz CT molecular complexity index is 378. The van der Waals surface area contributed by atoms with Crippen molar-refractivity contribution in [3.8, 4) is 5.75 Å². The highest BCUT2D eigenvalue weighted by Gasteiger charge is 2.08. The van der Waals surface area contributed by atoms with Crippen LogP contribution in [0.25, 0.3) is 0 Å². The molecule has 0 spiro atoms. The number of nitrogens with zero attached hydrogens (tertiary/aromatic N) is 2. The zero-order chi connectivity index (χ0) is 12.0. The van der Waals surface area contributed by atoms with Gasteiger partial charge in [0.05, 0.1) is 25.5 Å². The van der Waals surface area contributed by atoms with E-state index in [2.05, 4.69) is 9.98 Å². The van der Waals surface area contributed by atoms with E-state index in [4.69, 9.17) is 9.84 Å². The maximum absolute atomic E-state index is 9.77. The van der Waals surface area contributed by atoms with Gasteiger partial charge in [-0.2, -0.15) is 0 Å². The molecule has 2 N–H and O–H groups in total. The van der Waals surface area contributed by atoms with Crippen LogP contribution in [0, 0.1) is 6.92 Å². The third-order valence-corrected chi connectivity index (χ3v) is 2.17. The molecule has 0 aliphatic carbocycles. The predicted molar refractivity (Wildman–Crippen MR) is 60.9 cm³/mol. The van der Waals surface area contributed by atoms with E-state index in [1.165, 1.54) is 12.4 Å². The molecule has 0 amide bonds. The van der Waals surface area contributed by atoms with Crippen molar-refractivity contribution in [2.24, 2.45) is 4.99 Å². The second-order valence-electron chi connectivity index (χ2n) is 3.32. The van der Waals surface area contributed by atoms with Crippen molar-refractivity contribution < 1.29 is 14.9 Å². The summed E-state index contributed by atoms with van der Waals surface area (Å²) in [6.07, 6.45) is 3.07.